The van der Waals surface area contributed by atoms with E-state index in [4.69, 9.17) is 4.42 Å². The van der Waals surface area contributed by atoms with E-state index in [0.717, 1.165) is 55.5 Å². The van der Waals surface area contributed by atoms with Crippen molar-refractivity contribution in [2.24, 2.45) is 0 Å². The van der Waals surface area contributed by atoms with E-state index in [2.05, 4.69) is 223 Å². The van der Waals surface area contributed by atoms with E-state index in [0.29, 0.717) is 0 Å². The number of para-hydroxylation sites is 2. The number of rotatable bonds is 7. The zero-order valence-electron chi connectivity index (χ0n) is 31.7. The van der Waals surface area contributed by atoms with Gasteiger partial charge in [0, 0.05) is 33.3 Å². The zero-order valence-corrected chi connectivity index (χ0v) is 31.7. The van der Waals surface area contributed by atoms with Gasteiger partial charge in [0.15, 0.2) is 0 Å². The summed E-state index contributed by atoms with van der Waals surface area (Å²) in [5, 5.41) is 7.10. The summed E-state index contributed by atoms with van der Waals surface area (Å²) in [6, 6.07) is 80.6. The van der Waals surface area contributed by atoms with Gasteiger partial charge < -0.3 is 9.32 Å². The highest BCUT2D eigenvalue weighted by molar-refractivity contribution is 6.19. The lowest BCUT2D eigenvalue weighted by Gasteiger charge is -2.28. The topological polar surface area (TPSA) is 16.4 Å². The minimum Gasteiger partial charge on any atom is -0.455 e. The Labute approximate surface area is 337 Å². The first kappa shape index (κ1) is 33.6. The van der Waals surface area contributed by atoms with Crippen molar-refractivity contribution in [2.45, 2.75) is 0 Å². The predicted octanol–water partition coefficient (Wildman–Crippen LogP) is 16.0. The number of hydrogen-bond donors (Lipinski definition) is 0. The molecular formula is C56H37NO. The van der Waals surface area contributed by atoms with Gasteiger partial charge in [-0.15, -0.1) is 0 Å². The molecular weight excluding hydrogens is 703 g/mol. The van der Waals surface area contributed by atoms with Gasteiger partial charge in [0.1, 0.15) is 11.2 Å². The molecule has 11 rings (SSSR count). The number of nitrogens with zero attached hydrogens (tertiary/aromatic N) is 1. The number of fused-ring (bicyclic) bond motifs is 5. The maximum Gasteiger partial charge on any atom is 0.143 e. The summed E-state index contributed by atoms with van der Waals surface area (Å²) in [6.07, 6.45) is 0. The first-order valence-electron chi connectivity index (χ1n) is 19.8. The van der Waals surface area contributed by atoms with Crippen LogP contribution >= 0.6 is 0 Å². The second-order valence-corrected chi connectivity index (χ2v) is 14.9. The molecule has 0 N–H and O–H groups in total. The van der Waals surface area contributed by atoms with Crippen molar-refractivity contribution in [3.8, 4) is 44.5 Å². The SMILES string of the molecule is c1ccc(-c2ccc(N(c3ccc(-c4ccc(-c5cccc6ccccc56)cc4)cc3)c3ccccc3-c3c4ccccc4cc4c3oc3ccccc34)cc2)cc1. The second kappa shape index (κ2) is 14.1. The van der Waals surface area contributed by atoms with E-state index in [1.165, 1.54) is 49.5 Å². The highest BCUT2D eigenvalue weighted by Gasteiger charge is 2.23. The summed E-state index contributed by atoms with van der Waals surface area (Å²) >= 11 is 0. The Hall–Kier alpha value is -7.68. The average molecular weight is 740 g/mol. The van der Waals surface area contributed by atoms with Crippen molar-refractivity contribution in [3.05, 3.63) is 224 Å². The normalized spacial score (nSPS) is 11.4. The Kier molecular flexibility index (Phi) is 8.19. The summed E-state index contributed by atoms with van der Waals surface area (Å²) in [5.74, 6) is 0. The highest BCUT2D eigenvalue weighted by Crippen LogP contribution is 2.47. The molecule has 0 spiro atoms. The molecule has 0 bridgehead atoms. The fraction of sp³-hybridized carbons (Fsp3) is 0. The van der Waals surface area contributed by atoms with Gasteiger partial charge in [0.25, 0.3) is 0 Å². The Morgan fingerprint density at radius 1 is 0.310 bits per heavy atom. The molecule has 0 saturated heterocycles. The highest BCUT2D eigenvalue weighted by atomic mass is 16.3. The number of anilines is 3. The van der Waals surface area contributed by atoms with Crippen molar-refractivity contribution in [1.29, 1.82) is 0 Å². The fourth-order valence-corrected chi connectivity index (χ4v) is 8.65. The van der Waals surface area contributed by atoms with Crippen LogP contribution in [0.3, 0.4) is 0 Å². The van der Waals surface area contributed by atoms with Gasteiger partial charge in [-0.2, -0.15) is 0 Å². The summed E-state index contributed by atoms with van der Waals surface area (Å²) < 4.78 is 6.76. The van der Waals surface area contributed by atoms with Crippen LogP contribution < -0.4 is 4.90 Å². The summed E-state index contributed by atoms with van der Waals surface area (Å²) in [5.41, 5.74) is 14.4. The molecule has 0 saturated carbocycles. The van der Waals surface area contributed by atoms with Crippen molar-refractivity contribution in [1.82, 2.24) is 0 Å². The van der Waals surface area contributed by atoms with Gasteiger partial charge in [0.2, 0.25) is 0 Å². The van der Waals surface area contributed by atoms with Crippen LogP contribution in [-0.2, 0) is 0 Å². The van der Waals surface area contributed by atoms with Crippen LogP contribution in [0.2, 0.25) is 0 Å². The molecule has 58 heavy (non-hydrogen) atoms. The Balaban J connectivity index is 1.05. The Morgan fingerprint density at radius 3 is 1.53 bits per heavy atom. The van der Waals surface area contributed by atoms with Crippen LogP contribution in [0.15, 0.2) is 229 Å². The molecule has 0 atom stereocenters. The molecule has 1 heterocycles. The van der Waals surface area contributed by atoms with Crippen molar-refractivity contribution in [3.63, 3.8) is 0 Å². The smallest absolute Gasteiger partial charge is 0.143 e. The average Bonchev–Trinajstić information content (AvgIpc) is 3.67. The van der Waals surface area contributed by atoms with E-state index < -0.39 is 0 Å². The third-order valence-corrected chi connectivity index (χ3v) is 11.5. The van der Waals surface area contributed by atoms with Crippen LogP contribution in [0.1, 0.15) is 0 Å². The molecule has 10 aromatic carbocycles. The van der Waals surface area contributed by atoms with Gasteiger partial charge in [-0.05, 0) is 97.4 Å². The fourth-order valence-electron chi connectivity index (χ4n) is 8.65. The largest absolute Gasteiger partial charge is 0.455 e. The van der Waals surface area contributed by atoms with Crippen LogP contribution in [-0.4, -0.2) is 0 Å². The van der Waals surface area contributed by atoms with Gasteiger partial charge in [-0.1, -0.05) is 182 Å². The van der Waals surface area contributed by atoms with Gasteiger partial charge in [-0.25, -0.2) is 0 Å². The first-order valence-corrected chi connectivity index (χ1v) is 19.8. The number of hydrogen-bond acceptors (Lipinski definition) is 2. The van der Waals surface area contributed by atoms with Crippen molar-refractivity contribution < 1.29 is 4.42 Å². The third kappa shape index (κ3) is 5.82. The van der Waals surface area contributed by atoms with E-state index in [-0.39, 0.29) is 0 Å². The molecule has 0 amide bonds. The molecule has 0 unspecified atom stereocenters. The lowest BCUT2D eigenvalue weighted by atomic mass is 9.93. The first-order chi connectivity index (χ1) is 28.8. The standard InChI is InChI=1S/C56H37NO/c1-2-13-38(14-3-1)40-29-33-45(34-30-40)57(46-35-31-41(32-36-46)39-25-27-43(28-26-39)48-22-12-17-42-15-4-6-18-47(42)48)53-23-10-8-21-51(53)55-49-19-7-5-16-44(49)37-52-50-20-9-11-24-54(50)58-56(52)55/h1-37H. The van der Waals surface area contributed by atoms with E-state index in [1.54, 1.807) is 0 Å². The number of furan rings is 1. The van der Waals surface area contributed by atoms with Crippen LogP contribution in [0.25, 0.3) is 88.0 Å². The molecule has 0 aliphatic rings. The lowest BCUT2D eigenvalue weighted by molar-refractivity contribution is 0.670. The van der Waals surface area contributed by atoms with Gasteiger partial charge in [-0.3, -0.25) is 0 Å². The zero-order chi connectivity index (χ0) is 38.4. The predicted molar refractivity (Wildman–Crippen MR) is 245 cm³/mol. The summed E-state index contributed by atoms with van der Waals surface area (Å²) in [6.45, 7) is 0. The molecule has 1 aromatic heterocycles. The summed E-state index contributed by atoms with van der Waals surface area (Å²) in [7, 11) is 0. The van der Waals surface area contributed by atoms with E-state index in [1.807, 2.05) is 6.07 Å². The minimum atomic E-state index is 0.889. The lowest BCUT2D eigenvalue weighted by Crippen LogP contribution is -2.11. The third-order valence-electron chi connectivity index (χ3n) is 11.5. The van der Waals surface area contributed by atoms with E-state index in [9.17, 15) is 0 Å². The summed E-state index contributed by atoms with van der Waals surface area (Å²) in [4.78, 5) is 2.38. The van der Waals surface area contributed by atoms with E-state index >= 15 is 0 Å². The molecule has 2 nitrogen and oxygen atoms in total. The maximum absolute atomic E-state index is 6.76. The van der Waals surface area contributed by atoms with Crippen LogP contribution in [0.5, 0.6) is 0 Å². The second-order valence-electron chi connectivity index (χ2n) is 14.9. The molecule has 0 radical (unpaired) electrons. The molecule has 0 fully saturated rings. The minimum absolute atomic E-state index is 0.889. The Morgan fingerprint density at radius 2 is 0.810 bits per heavy atom. The molecule has 0 aliphatic carbocycles. The monoisotopic (exact) mass is 739 g/mol. The van der Waals surface area contributed by atoms with Gasteiger partial charge >= 0.3 is 0 Å². The van der Waals surface area contributed by atoms with Crippen molar-refractivity contribution in [2.75, 3.05) is 4.90 Å². The van der Waals surface area contributed by atoms with Crippen LogP contribution in [0.4, 0.5) is 17.1 Å². The molecule has 2 heteroatoms. The van der Waals surface area contributed by atoms with Crippen molar-refractivity contribution >= 4 is 60.5 Å². The molecule has 0 aliphatic heterocycles. The maximum atomic E-state index is 6.76. The molecule has 272 valence electrons. The van der Waals surface area contributed by atoms with Gasteiger partial charge in [0.05, 0.1) is 5.69 Å². The number of benzene rings is 10. The van der Waals surface area contributed by atoms with Crippen LogP contribution in [0, 0.1) is 0 Å². The quantitative estimate of drug-likeness (QED) is 0.162. The molecule has 11 aromatic rings. The Bertz CT molecular complexity index is 3250.